The Bertz CT molecular complexity index is 767. The Morgan fingerprint density at radius 2 is 1.89 bits per heavy atom. The lowest BCUT2D eigenvalue weighted by Gasteiger charge is -2.58. The highest BCUT2D eigenvalue weighted by atomic mass is 16.6. The molecule has 7 nitrogen and oxygen atoms in total. The van der Waals surface area contributed by atoms with Crippen molar-refractivity contribution < 1.29 is 33.3 Å². The van der Waals surface area contributed by atoms with Gasteiger partial charge in [-0.1, -0.05) is 18.6 Å². The molecule has 0 aromatic rings. The van der Waals surface area contributed by atoms with Crippen molar-refractivity contribution in [2.75, 3.05) is 13.2 Å². The lowest BCUT2D eigenvalue weighted by molar-refractivity contribution is -0.233. The van der Waals surface area contributed by atoms with Crippen LogP contribution in [0.3, 0.4) is 0 Å². The maximum Gasteiger partial charge on any atom is 0.302 e. The summed E-state index contributed by atoms with van der Waals surface area (Å²) in [6, 6.07) is 0. The first-order valence-electron chi connectivity index (χ1n) is 9.87. The predicted octanol–water partition coefficient (Wildman–Crippen LogP) is 1.97. The van der Waals surface area contributed by atoms with E-state index in [1.165, 1.54) is 26.3 Å². The Balaban J connectivity index is 1.90. The van der Waals surface area contributed by atoms with Gasteiger partial charge in [0, 0.05) is 19.3 Å². The van der Waals surface area contributed by atoms with E-state index < -0.39 is 40.5 Å². The molecule has 2 bridgehead atoms. The molecule has 0 radical (unpaired) electrons. The number of hydrogen-bond acceptors (Lipinski definition) is 7. The Morgan fingerprint density at radius 1 is 1.21 bits per heavy atom. The number of epoxide rings is 1. The van der Waals surface area contributed by atoms with Crippen LogP contribution < -0.4 is 0 Å². The predicted molar refractivity (Wildman–Crippen MR) is 97.2 cm³/mol. The highest BCUT2D eigenvalue weighted by Crippen LogP contribution is 2.73. The SMILES string of the molecule is CC(=O)OC[C@]12CCC(C)=C[C@H]1O[C@@H]1[C@H](C(C)=O)[C@@H](OC(C)=O)[C@@]2(C)[C@]12CO2. The van der Waals surface area contributed by atoms with Crippen LogP contribution in [-0.2, 0) is 33.3 Å². The molecule has 4 rings (SSSR count). The van der Waals surface area contributed by atoms with Crippen LogP contribution in [0.25, 0.3) is 0 Å². The topological polar surface area (TPSA) is 91.4 Å². The first kappa shape index (κ1) is 19.6. The first-order valence-corrected chi connectivity index (χ1v) is 9.87. The van der Waals surface area contributed by atoms with Gasteiger partial charge < -0.3 is 18.9 Å². The summed E-state index contributed by atoms with van der Waals surface area (Å²) in [5, 5.41) is 0. The third kappa shape index (κ3) is 2.32. The van der Waals surface area contributed by atoms with Crippen LogP contribution in [0.2, 0.25) is 0 Å². The first-order chi connectivity index (χ1) is 13.1. The van der Waals surface area contributed by atoms with Crippen LogP contribution in [0.15, 0.2) is 11.6 Å². The number of carbonyl (C=O) groups is 3. The normalized spacial score (nSPS) is 45.8. The fourth-order valence-electron chi connectivity index (χ4n) is 6.06. The second-order valence-corrected chi connectivity index (χ2v) is 8.97. The van der Waals surface area contributed by atoms with Crippen LogP contribution >= 0.6 is 0 Å². The van der Waals surface area contributed by atoms with Crippen molar-refractivity contribution >= 4 is 17.7 Å². The van der Waals surface area contributed by atoms with Crippen molar-refractivity contribution in [1.82, 2.24) is 0 Å². The number of carbonyl (C=O) groups excluding carboxylic acids is 3. The average Bonchev–Trinajstić information content (AvgIpc) is 3.36. The summed E-state index contributed by atoms with van der Waals surface area (Å²) in [5.41, 5.74) is -0.876. The van der Waals surface area contributed by atoms with Crippen LogP contribution in [0.4, 0.5) is 0 Å². The molecule has 2 aliphatic carbocycles. The van der Waals surface area contributed by atoms with E-state index in [1.54, 1.807) is 0 Å². The summed E-state index contributed by atoms with van der Waals surface area (Å²) in [5.74, 6) is -1.51. The number of Topliss-reactive ketones (excluding diaryl/α,β-unsaturated/α-hetero) is 1. The Labute approximate surface area is 164 Å². The van der Waals surface area contributed by atoms with Gasteiger partial charge in [0.05, 0.1) is 24.0 Å². The molecule has 0 N–H and O–H groups in total. The number of ketones is 1. The lowest BCUT2D eigenvalue weighted by Crippen LogP contribution is -2.66. The molecule has 7 heteroatoms. The van der Waals surface area contributed by atoms with E-state index in [9.17, 15) is 14.4 Å². The average molecular weight is 392 g/mol. The molecule has 0 amide bonds. The number of esters is 2. The zero-order valence-corrected chi connectivity index (χ0v) is 17.1. The van der Waals surface area contributed by atoms with E-state index >= 15 is 0 Å². The molecule has 0 unspecified atom stereocenters. The molecule has 1 spiro atoms. The number of fused-ring (bicyclic) bond motifs is 2. The summed E-state index contributed by atoms with van der Waals surface area (Å²) in [6.45, 7) is 8.88. The maximum atomic E-state index is 12.7. The number of allylic oxidation sites excluding steroid dienone is 1. The Morgan fingerprint density at radius 3 is 2.43 bits per heavy atom. The third-order valence-corrected chi connectivity index (χ3v) is 7.58. The van der Waals surface area contributed by atoms with Gasteiger partial charge >= 0.3 is 11.9 Å². The minimum atomic E-state index is -0.720. The smallest absolute Gasteiger partial charge is 0.302 e. The fraction of sp³-hybridized carbons (Fsp3) is 0.762. The fourth-order valence-corrected chi connectivity index (χ4v) is 6.06. The molecular weight excluding hydrogens is 364 g/mol. The van der Waals surface area contributed by atoms with Crippen molar-refractivity contribution in [1.29, 1.82) is 0 Å². The van der Waals surface area contributed by atoms with E-state index in [4.69, 9.17) is 18.9 Å². The van der Waals surface area contributed by atoms with Gasteiger partial charge in [-0.25, -0.2) is 0 Å². The molecule has 2 aliphatic heterocycles. The van der Waals surface area contributed by atoms with Gasteiger partial charge in [0.1, 0.15) is 30.2 Å². The summed E-state index contributed by atoms with van der Waals surface area (Å²) >= 11 is 0. The van der Waals surface area contributed by atoms with Crippen molar-refractivity contribution in [3.63, 3.8) is 0 Å². The van der Waals surface area contributed by atoms with Gasteiger partial charge in [0.25, 0.3) is 0 Å². The van der Waals surface area contributed by atoms with Gasteiger partial charge in [-0.3, -0.25) is 14.4 Å². The zero-order valence-electron chi connectivity index (χ0n) is 17.1. The van der Waals surface area contributed by atoms with E-state index in [0.29, 0.717) is 13.0 Å². The molecule has 0 aromatic carbocycles. The van der Waals surface area contributed by atoms with E-state index in [0.717, 1.165) is 6.42 Å². The van der Waals surface area contributed by atoms with Crippen molar-refractivity contribution in [2.24, 2.45) is 16.7 Å². The number of hydrogen-bond donors (Lipinski definition) is 0. The van der Waals surface area contributed by atoms with E-state index in [2.05, 4.69) is 6.08 Å². The second-order valence-electron chi connectivity index (χ2n) is 8.97. The number of ether oxygens (including phenoxy) is 4. The van der Waals surface area contributed by atoms with Crippen LogP contribution in [0.1, 0.15) is 47.5 Å². The third-order valence-electron chi connectivity index (χ3n) is 7.58. The molecule has 4 aliphatic rings. The van der Waals surface area contributed by atoms with Gasteiger partial charge in [0.2, 0.25) is 0 Å². The minimum Gasteiger partial charge on any atom is -0.465 e. The monoisotopic (exact) mass is 392 g/mol. The number of rotatable bonds is 4. The van der Waals surface area contributed by atoms with Gasteiger partial charge in [-0.15, -0.1) is 0 Å². The van der Waals surface area contributed by atoms with E-state index in [1.807, 2.05) is 13.8 Å². The van der Waals surface area contributed by atoms with Gasteiger partial charge in [-0.2, -0.15) is 0 Å². The molecule has 7 atom stereocenters. The van der Waals surface area contributed by atoms with Crippen molar-refractivity contribution in [3.05, 3.63) is 11.6 Å². The molecule has 1 saturated carbocycles. The summed E-state index contributed by atoms with van der Waals surface area (Å²) in [7, 11) is 0. The summed E-state index contributed by atoms with van der Waals surface area (Å²) in [4.78, 5) is 36.3. The second kappa shape index (κ2) is 6.13. The quantitative estimate of drug-likeness (QED) is 0.410. The molecule has 154 valence electrons. The van der Waals surface area contributed by atoms with Crippen molar-refractivity contribution in [3.8, 4) is 0 Å². The minimum absolute atomic E-state index is 0.0863. The van der Waals surface area contributed by atoms with Gasteiger partial charge in [0.15, 0.2) is 0 Å². The lowest BCUT2D eigenvalue weighted by atomic mass is 9.51. The van der Waals surface area contributed by atoms with Crippen LogP contribution in [0, 0.1) is 16.7 Å². The van der Waals surface area contributed by atoms with Crippen LogP contribution in [0.5, 0.6) is 0 Å². The molecule has 0 aromatic heterocycles. The zero-order chi connectivity index (χ0) is 20.5. The standard InChI is InChI=1S/C21H28O7/c1-11-6-7-20(9-25-13(3)23)15(8-11)28-18-16(12(2)22)17(27-14(4)24)19(20,5)21(18)10-26-21/h8,15-18H,6-7,9-10H2,1-5H3/t15-,16-,17-,18-,19-,20-,21+/m1/s1. The van der Waals surface area contributed by atoms with Gasteiger partial charge in [-0.05, 0) is 26.7 Å². The van der Waals surface area contributed by atoms with Crippen molar-refractivity contribution in [2.45, 2.75) is 71.4 Å². The highest BCUT2D eigenvalue weighted by molar-refractivity contribution is 5.82. The molecule has 2 heterocycles. The Kier molecular flexibility index (Phi) is 4.29. The Hall–Kier alpha value is -1.73. The summed E-state index contributed by atoms with van der Waals surface area (Å²) in [6.07, 6.45) is 2.06. The van der Waals surface area contributed by atoms with Crippen LogP contribution in [-0.4, -0.2) is 54.8 Å². The molecule has 3 fully saturated rings. The molecule has 2 saturated heterocycles. The van der Waals surface area contributed by atoms with E-state index in [-0.39, 0.29) is 24.5 Å². The summed E-state index contributed by atoms with van der Waals surface area (Å²) < 4.78 is 23.8. The largest absolute Gasteiger partial charge is 0.465 e. The molecular formula is C21H28O7. The molecule has 28 heavy (non-hydrogen) atoms. The highest BCUT2D eigenvalue weighted by Gasteiger charge is 2.86. The maximum absolute atomic E-state index is 12.7.